The highest BCUT2D eigenvalue weighted by Gasteiger charge is 2.07. The van der Waals surface area contributed by atoms with Crippen LogP contribution in [0.25, 0.3) is 0 Å². The van der Waals surface area contributed by atoms with Crippen molar-refractivity contribution in [2.45, 2.75) is 13.0 Å². The highest BCUT2D eigenvalue weighted by Crippen LogP contribution is 2.03. The van der Waals surface area contributed by atoms with Crippen molar-refractivity contribution in [2.75, 3.05) is 0 Å². The van der Waals surface area contributed by atoms with Crippen molar-refractivity contribution in [2.24, 2.45) is 5.73 Å². The maximum atomic E-state index is 10.6. The number of nitrogens with two attached hydrogens (primary N) is 1. The molecule has 2 heterocycles. The van der Waals surface area contributed by atoms with Crippen molar-refractivity contribution in [1.82, 2.24) is 9.55 Å². The van der Waals surface area contributed by atoms with E-state index in [1.165, 1.54) is 0 Å². The van der Waals surface area contributed by atoms with E-state index >= 15 is 0 Å². The third-order valence-corrected chi connectivity index (χ3v) is 2.05. The number of amides is 1. The second-order valence-electron chi connectivity index (χ2n) is 3.23. The predicted octanol–water partition coefficient (Wildman–Crippen LogP) is 1.62. The molecule has 0 aliphatic rings. The number of aromatic nitrogens is 2. The van der Waals surface area contributed by atoms with Crippen LogP contribution in [0.1, 0.15) is 13.0 Å². The Labute approximate surface area is 94.7 Å². The molecule has 0 fully saturated rings. The van der Waals surface area contributed by atoms with Gasteiger partial charge in [0.05, 0.1) is 0 Å². The van der Waals surface area contributed by atoms with Gasteiger partial charge in [0.15, 0.2) is 0 Å². The van der Waals surface area contributed by atoms with Crippen LogP contribution in [0.2, 0.25) is 0 Å². The maximum absolute atomic E-state index is 10.6. The summed E-state index contributed by atoms with van der Waals surface area (Å²) in [7, 11) is 0. The van der Waals surface area contributed by atoms with E-state index in [0.29, 0.717) is 0 Å². The first-order valence-electron chi connectivity index (χ1n) is 4.98. The zero-order chi connectivity index (χ0) is 11.8. The molecule has 0 radical (unpaired) electrons. The van der Waals surface area contributed by atoms with Crippen molar-refractivity contribution in [3.05, 3.63) is 55.1 Å². The van der Waals surface area contributed by atoms with Gasteiger partial charge in [0.2, 0.25) is 5.91 Å². The zero-order valence-corrected chi connectivity index (χ0v) is 9.15. The number of carbonyl (C=O) groups excluding carboxylic acids is 1. The van der Waals surface area contributed by atoms with Gasteiger partial charge in [-0.05, 0) is 31.2 Å². The van der Waals surface area contributed by atoms with E-state index in [2.05, 4.69) is 4.98 Å². The summed E-state index contributed by atoms with van der Waals surface area (Å²) < 4.78 is 1.77. The fourth-order valence-corrected chi connectivity index (χ4v) is 1.07. The van der Waals surface area contributed by atoms with Gasteiger partial charge in [-0.1, -0.05) is 6.07 Å². The lowest BCUT2D eigenvalue weighted by Gasteiger charge is -2.07. The average Bonchev–Trinajstić information content (AvgIpc) is 2.84. The molecule has 4 nitrogen and oxygen atoms in total. The van der Waals surface area contributed by atoms with Crippen molar-refractivity contribution in [3.8, 4) is 0 Å². The van der Waals surface area contributed by atoms with Crippen molar-refractivity contribution in [1.29, 1.82) is 0 Å². The number of hydrogen-bond acceptors (Lipinski definition) is 2. The number of nitrogens with zero attached hydrogens (tertiary/aromatic N) is 2. The molecule has 0 saturated heterocycles. The van der Waals surface area contributed by atoms with Gasteiger partial charge in [0.1, 0.15) is 6.04 Å². The molecule has 0 aliphatic heterocycles. The summed E-state index contributed by atoms with van der Waals surface area (Å²) in [6.45, 7) is 1.77. The smallest absolute Gasteiger partial charge is 0.240 e. The van der Waals surface area contributed by atoms with Gasteiger partial charge in [-0.3, -0.25) is 9.78 Å². The van der Waals surface area contributed by atoms with Crippen LogP contribution in [-0.2, 0) is 4.79 Å². The van der Waals surface area contributed by atoms with Gasteiger partial charge >= 0.3 is 0 Å². The van der Waals surface area contributed by atoms with Crippen LogP contribution in [0.5, 0.6) is 0 Å². The van der Waals surface area contributed by atoms with Gasteiger partial charge in [-0.15, -0.1) is 0 Å². The number of primary amides is 1. The molecule has 2 rings (SSSR count). The lowest BCUT2D eigenvalue weighted by Crippen LogP contribution is -2.22. The summed E-state index contributed by atoms with van der Waals surface area (Å²) in [6, 6.07) is 9.20. The van der Waals surface area contributed by atoms with Crippen LogP contribution in [0.4, 0.5) is 0 Å². The van der Waals surface area contributed by atoms with Crippen molar-refractivity contribution in [3.63, 3.8) is 0 Å². The Bertz CT molecular complexity index is 371. The first kappa shape index (κ1) is 12.0. The fraction of sp³-hybridized carbons (Fsp3) is 0.167. The topological polar surface area (TPSA) is 60.9 Å². The molecular weight excluding hydrogens is 202 g/mol. The second kappa shape index (κ2) is 6.40. The first-order chi connectivity index (χ1) is 7.72. The largest absolute Gasteiger partial charge is 0.368 e. The van der Waals surface area contributed by atoms with Crippen LogP contribution in [0.15, 0.2) is 55.1 Å². The summed E-state index contributed by atoms with van der Waals surface area (Å²) in [5.74, 6) is -0.309. The van der Waals surface area contributed by atoms with E-state index in [0.717, 1.165) is 0 Å². The molecule has 0 aliphatic carbocycles. The highest BCUT2D eigenvalue weighted by atomic mass is 16.1. The molecule has 2 N–H and O–H groups in total. The zero-order valence-electron chi connectivity index (χ0n) is 9.15. The molecule has 84 valence electrons. The third-order valence-electron chi connectivity index (χ3n) is 2.05. The Balaban J connectivity index is 0.000000181. The van der Waals surface area contributed by atoms with Crippen LogP contribution in [0.3, 0.4) is 0 Å². The van der Waals surface area contributed by atoms with Gasteiger partial charge < -0.3 is 10.3 Å². The number of hydrogen-bond donors (Lipinski definition) is 1. The Kier molecular flexibility index (Phi) is 4.79. The SMILES string of the molecule is CC(C(N)=O)n1cccc1.c1ccncc1. The van der Waals surface area contributed by atoms with Gasteiger partial charge in [0, 0.05) is 24.8 Å². The number of pyridine rings is 1. The molecule has 16 heavy (non-hydrogen) atoms. The van der Waals surface area contributed by atoms with Crippen LogP contribution < -0.4 is 5.73 Å². The molecule has 0 saturated carbocycles. The van der Waals surface area contributed by atoms with E-state index in [9.17, 15) is 4.79 Å². The molecule has 4 heteroatoms. The van der Waals surface area contributed by atoms with Crippen LogP contribution in [0, 0.1) is 0 Å². The number of rotatable bonds is 2. The Morgan fingerprint density at radius 2 is 1.69 bits per heavy atom. The monoisotopic (exact) mass is 217 g/mol. The van der Waals surface area contributed by atoms with E-state index in [4.69, 9.17) is 5.73 Å². The van der Waals surface area contributed by atoms with E-state index < -0.39 is 0 Å². The molecule has 0 bridgehead atoms. The lowest BCUT2D eigenvalue weighted by molar-refractivity contribution is -0.120. The summed E-state index contributed by atoms with van der Waals surface area (Å²) in [5, 5.41) is 0. The summed E-state index contributed by atoms with van der Waals surface area (Å²) in [6.07, 6.45) is 7.13. The van der Waals surface area contributed by atoms with Gasteiger partial charge in [-0.25, -0.2) is 0 Å². The third kappa shape index (κ3) is 3.96. The van der Waals surface area contributed by atoms with Gasteiger partial charge in [0.25, 0.3) is 0 Å². The Hall–Kier alpha value is -2.10. The molecule has 2 aromatic rings. The maximum Gasteiger partial charge on any atom is 0.240 e. The molecule has 2 aromatic heterocycles. The highest BCUT2D eigenvalue weighted by molar-refractivity contribution is 5.77. The molecule has 0 spiro atoms. The lowest BCUT2D eigenvalue weighted by atomic mass is 10.3. The van der Waals surface area contributed by atoms with E-state index in [1.54, 1.807) is 23.9 Å². The molecular formula is C12H15N3O. The summed E-state index contributed by atoms with van der Waals surface area (Å²) in [4.78, 5) is 14.4. The predicted molar refractivity (Wildman–Crippen MR) is 62.6 cm³/mol. The molecule has 1 amide bonds. The minimum absolute atomic E-state index is 0.241. The quantitative estimate of drug-likeness (QED) is 0.830. The molecule has 0 aromatic carbocycles. The van der Waals surface area contributed by atoms with Crippen LogP contribution >= 0.6 is 0 Å². The second-order valence-corrected chi connectivity index (χ2v) is 3.23. The number of carbonyl (C=O) groups is 1. The van der Waals surface area contributed by atoms with E-state index in [1.807, 2.05) is 42.7 Å². The Morgan fingerprint density at radius 1 is 1.12 bits per heavy atom. The fourth-order valence-electron chi connectivity index (χ4n) is 1.07. The van der Waals surface area contributed by atoms with E-state index in [-0.39, 0.29) is 11.9 Å². The van der Waals surface area contributed by atoms with Crippen molar-refractivity contribution >= 4 is 5.91 Å². The molecule has 1 unspecified atom stereocenters. The summed E-state index contributed by atoms with van der Waals surface area (Å²) >= 11 is 0. The average molecular weight is 217 g/mol. The van der Waals surface area contributed by atoms with Gasteiger partial charge in [-0.2, -0.15) is 0 Å². The minimum atomic E-state index is -0.309. The van der Waals surface area contributed by atoms with Crippen LogP contribution in [-0.4, -0.2) is 15.5 Å². The van der Waals surface area contributed by atoms with Crippen molar-refractivity contribution < 1.29 is 4.79 Å². The summed E-state index contributed by atoms with van der Waals surface area (Å²) in [5.41, 5.74) is 5.07. The minimum Gasteiger partial charge on any atom is -0.368 e. The first-order valence-corrected chi connectivity index (χ1v) is 4.98. The standard InChI is InChI=1S/C7H10N2O.C5H5N/c1-6(7(8)10)9-4-2-3-5-9;1-2-4-6-5-3-1/h2-6H,1H3,(H2,8,10);1-5H. The normalized spacial score (nSPS) is 11.1. The Morgan fingerprint density at radius 3 is 2.00 bits per heavy atom. The molecule has 1 atom stereocenters.